The Labute approximate surface area is 147 Å². The number of nitrogens with zero attached hydrogens (tertiary/aromatic N) is 3. The highest BCUT2D eigenvalue weighted by Gasteiger charge is 2.52. The Kier molecular flexibility index (Phi) is 4.32. The minimum absolute atomic E-state index is 0.159. The number of aliphatic hydroxyl groups excluding tert-OH is 3. The molecule has 0 radical (unpaired) electrons. The second kappa shape index (κ2) is 6.10. The lowest BCUT2D eigenvalue weighted by molar-refractivity contribution is -0.128. The minimum Gasteiger partial charge on any atom is -0.394 e. The van der Waals surface area contributed by atoms with Crippen molar-refractivity contribution in [1.29, 1.82) is 0 Å². The summed E-state index contributed by atoms with van der Waals surface area (Å²) in [6.07, 6.45) is -4.10. The smallest absolute Gasteiger partial charge is 0.276 e. The second-order valence-corrected chi connectivity index (χ2v) is 6.18. The van der Waals surface area contributed by atoms with Gasteiger partial charge in [0.1, 0.15) is 18.3 Å². The van der Waals surface area contributed by atoms with E-state index in [2.05, 4.69) is 10.3 Å². The number of carbonyl (C=O) groups excluding carboxylic acids is 3. The molecule has 12 heteroatoms. The molecule has 2 amide bonds. The number of anilines is 1. The topological polar surface area (TPSA) is 180 Å². The summed E-state index contributed by atoms with van der Waals surface area (Å²) >= 11 is 0. The van der Waals surface area contributed by atoms with Crippen LogP contribution in [0.15, 0.2) is 6.33 Å². The molecule has 2 aliphatic rings. The lowest BCUT2D eigenvalue weighted by Crippen LogP contribution is -2.75. The van der Waals surface area contributed by atoms with Gasteiger partial charge in [-0.25, -0.2) is 4.98 Å². The molecule has 0 aliphatic carbocycles. The molecule has 1 aromatic heterocycles. The first-order chi connectivity index (χ1) is 12.1. The molecule has 3 heterocycles. The minimum atomic E-state index is -2.15. The molecule has 1 fully saturated rings. The van der Waals surface area contributed by atoms with E-state index in [1.165, 1.54) is 0 Å². The number of fused-ring (bicyclic) bond motifs is 1. The van der Waals surface area contributed by atoms with Crippen molar-refractivity contribution in [1.82, 2.24) is 14.9 Å². The molecule has 1 saturated heterocycles. The normalized spacial score (nSPS) is 33.8. The number of Topliss-reactive ketones (excluding diaryl/α,β-unsaturated/α-hetero) is 1. The molecule has 0 aromatic carbocycles. The van der Waals surface area contributed by atoms with Crippen LogP contribution in [0, 0.1) is 0 Å². The number of imidazole rings is 1. The van der Waals surface area contributed by atoms with Gasteiger partial charge in [-0.2, -0.15) is 0 Å². The molecule has 0 spiro atoms. The van der Waals surface area contributed by atoms with Gasteiger partial charge in [0.05, 0.1) is 12.9 Å². The summed E-state index contributed by atoms with van der Waals surface area (Å²) in [6.45, 7) is 1.69. The largest absolute Gasteiger partial charge is 0.394 e. The van der Waals surface area contributed by atoms with Crippen LogP contribution in [-0.4, -0.2) is 73.2 Å². The molecule has 142 valence electrons. The summed E-state index contributed by atoms with van der Waals surface area (Å²) in [5.41, 5.74) is 5.78. The van der Waals surface area contributed by atoms with E-state index in [1.807, 2.05) is 0 Å². The third kappa shape index (κ3) is 2.42. The number of carbonyl (C=O) groups is 3. The zero-order valence-corrected chi connectivity index (χ0v) is 14.0. The van der Waals surface area contributed by atoms with Crippen molar-refractivity contribution < 1.29 is 34.4 Å². The molecule has 1 aromatic rings. The lowest BCUT2D eigenvalue weighted by Gasteiger charge is -2.42. The number of aliphatic hydroxyl groups is 3. The third-order valence-electron chi connectivity index (χ3n) is 4.49. The van der Waals surface area contributed by atoms with Crippen LogP contribution in [0.1, 0.15) is 30.6 Å². The van der Waals surface area contributed by atoms with Crippen LogP contribution in [-0.2, 0) is 14.3 Å². The summed E-state index contributed by atoms with van der Waals surface area (Å²) < 4.78 is 6.54. The standard InChI is InChI=1S/C14H19N5O7/c1-5(21)14(15)17-11(25)8-12(19(14)6(2)22)18(4-16-8)13-10(24)9(23)7(3-20)26-13/h4,7,9-10,13,20,23-24H,3,15H2,1-2H3,(H,17,25)/t7-,9?,10?,13-,14?/m1/s1. The van der Waals surface area contributed by atoms with E-state index in [4.69, 9.17) is 10.5 Å². The van der Waals surface area contributed by atoms with Crippen LogP contribution in [0.3, 0.4) is 0 Å². The molecule has 3 rings (SSSR count). The first kappa shape index (κ1) is 18.4. The van der Waals surface area contributed by atoms with Gasteiger partial charge < -0.3 is 25.4 Å². The fourth-order valence-corrected chi connectivity index (χ4v) is 3.13. The Morgan fingerprint density at radius 2 is 2.04 bits per heavy atom. The van der Waals surface area contributed by atoms with Crippen LogP contribution in [0.5, 0.6) is 0 Å². The SMILES string of the molecule is CC(=O)N1c2c(ncn2[C@@H]2O[C@H](CO)C(O)C2O)C(=O)NC1(N)C(C)=O. The highest BCUT2D eigenvalue weighted by atomic mass is 16.6. The van der Waals surface area contributed by atoms with Gasteiger partial charge in [0, 0.05) is 13.8 Å². The summed E-state index contributed by atoms with van der Waals surface area (Å²) in [5, 5.41) is 31.6. The number of ether oxygens (including phenoxy) is 1. The van der Waals surface area contributed by atoms with E-state index >= 15 is 0 Å². The molecule has 26 heavy (non-hydrogen) atoms. The first-order valence-corrected chi connectivity index (χ1v) is 7.76. The maximum Gasteiger partial charge on any atom is 0.276 e. The number of ketones is 1. The molecule has 12 nitrogen and oxygen atoms in total. The van der Waals surface area contributed by atoms with E-state index in [9.17, 15) is 29.7 Å². The molecule has 6 N–H and O–H groups in total. The highest BCUT2D eigenvalue weighted by Crippen LogP contribution is 2.37. The molecular formula is C14H19N5O7. The monoisotopic (exact) mass is 369 g/mol. The van der Waals surface area contributed by atoms with Crippen molar-refractivity contribution in [2.24, 2.45) is 5.73 Å². The summed E-state index contributed by atoms with van der Waals surface area (Å²) in [7, 11) is 0. The van der Waals surface area contributed by atoms with Gasteiger partial charge in [-0.3, -0.25) is 29.6 Å². The predicted octanol–water partition coefficient (Wildman–Crippen LogP) is -3.21. The van der Waals surface area contributed by atoms with Gasteiger partial charge in [-0.05, 0) is 0 Å². The number of nitrogens with one attached hydrogen (secondary N) is 1. The molecular weight excluding hydrogens is 350 g/mol. The van der Waals surface area contributed by atoms with Crippen LogP contribution < -0.4 is 16.0 Å². The Morgan fingerprint density at radius 3 is 2.54 bits per heavy atom. The fourth-order valence-electron chi connectivity index (χ4n) is 3.13. The number of rotatable bonds is 3. The van der Waals surface area contributed by atoms with Crippen LogP contribution in [0.2, 0.25) is 0 Å². The number of nitrogens with two attached hydrogens (primary N) is 1. The fraction of sp³-hybridized carbons (Fsp3) is 0.571. The molecule has 2 aliphatic heterocycles. The molecule has 3 unspecified atom stereocenters. The number of hydrogen-bond donors (Lipinski definition) is 5. The van der Waals surface area contributed by atoms with E-state index in [0.717, 1.165) is 29.6 Å². The zero-order valence-electron chi connectivity index (χ0n) is 14.0. The molecule has 0 saturated carbocycles. The average Bonchev–Trinajstić information content (AvgIpc) is 3.10. The average molecular weight is 369 g/mol. The Bertz CT molecular complexity index is 780. The molecule has 5 atom stereocenters. The van der Waals surface area contributed by atoms with Crippen LogP contribution in [0.4, 0.5) is 5.82 Å². The van der Waals surface area contributed by atoms with Crippen molar-refractivity contribution in [2.75, 3.05) is 11.5 Å². The Balaban J connectivity index is 2.15. The van der Waals surface area contributed by atoms with Crippen molar-refractivity contribution in [2.45, 2.75) is 44.2 Å². The van der Waals surface area contributed by atoms with Gasteiger partial charge >= 0.3 is 0 Å². The zero-order chi connectivity index (χ0) is 19.4. The van der Waals surface area contributed by atoms with Gasteiger partial charge in [0.25, 0.3) is 5.91 Å². The maximum absolute atomic E-state index is 12.3. The highest BCUT2D eigenvalue weighted by molar-refractivity contribution is 6.12. The summed E-state index contributed by atoms with van der Waals surface area (Å²) in [4.78, 5) is 41.3. The van der Waals surface area contributed by atoms with E-state index in [-0.39, 0.29) is 11.5 Å². The Morgan fingerprint density at radius 1 is 1.38 bits per heavy atom. The van der Waals surface area contributed by atoms with Gasteiger partial charge in [-0.15, -0.1) is 0 Å². The second-order valence-electron chi connectivity index (χ2n) is 6.18. The van der Waals surface area contributed by atoms with Crippen LogP contribution in [0.25, 0.3) is 0 Å². The lowest BCUT2D eigenvalue weighted by atomic mass is 10.1. The van der Waals surface area contributed by atoms with Crippen molar-refractivity contribution in [3.63, 3.8) is 0 Å². The number of amides is 2. The van der Waals surface area contributed by atoms with Gasteiger partial charge in [-0.1, -0.05) is 0 Å². The maximum atomic E-state index is 12.3. The molecule has 0 bridgehead atoms. The predicted molar refractivity (Wildman–Crippen MR) is 83.5 cm³/mol. The van der Waals surface area contributed by atoms with Crippen molar-refractivity contribution in [3.05, 3.63) is 12.0 Å². The summed E-state index contributed by atoms with van der Waals surface area (Å²) in [5.74, 6) is -4.47. The van der Waals surface area contributed by atoms with Crippen molar-refractivity contribution in [3.8, 4) is 0 Å². The van der Waals surface area contributed by atoms with E-state index in [1.54, 1.807) is 0 Å². The quantitative estimate of drug-likeness (QED) is 0.366. The Hall–Kier alpha value is -2.38. The van der Waals surface area contributed by atoms with Crippen molar-refractivity contribution >= 4 is 23.4 Å². The first-order valence-electron chi connectivity index (χ1n) is 7.76. The van der Waals surface area contributed by atoms with E-state index in [0.29, 0.717) is 0 Å². The van der Waals surface area contributed by atoms with E-state index < -0.39 is 54.5 Å². The number of aromatic nitrogens is 2. The van der Waals surface area contributed by atoms with Gasteiger partial charge in [0.15, 0.2) is 23.5 Å². The number of hydrogen-bond acceptors (Lipinski definition) is 9. The third-order valence-corrected chi connectivity index (χ3v) is 4.49. The van der Waals surface area contributed by atoms with Gasteiger partial charge in [0.2, 0.25) is 11.7 Å². The van der Waals surface area contributed by atoms with Crippen LogP contribution >= 0.6 is 0 Å². The summed E-state index contributed by atoms with van der Waals surface area (Å²) in [6, 6.07) is 0.